The molecule has 0 radical (unpaired) electrons. The van der Waals surface area contributed by atoms with E-state index in [1.807, 2.05) is 0 Å². The summed E-state index contributed by atoms with van der Waals surface area (Å²) in [6.45, 7) is 0. The average molecular weight is 206 g/mol. The summed E-state index contributed by atoms with van der Waals surface area (Å²) < 4.78 is 5.44. The van der Waals surface area contributed by atoms with Gasteiger partial charge in [-0.3, -0.25) is 4.79 Å². The van der Waals surface area contributed by atoms with Gasteiger partial charge in [0.05, 0.1) is 11.7 Å². The third-order valence-electron chi connectivity index (χ3n) is 2.21. The number of benzene rings is 1. The number of carboxylic acid groups (broad SMARTS) is 1. The summed E-state index contributed by atoms with van der Waals surface area (Å²) in [4.78, 5) is 21.4. The lowest BCUT2D eigenvalue weighted by molar-refractivity contribution is 0.0693. The van der Waals surface area contributed by atoms with Crippen LogP contribution in [0.2, 0.25) is 0 Å². The largest absolute Gasteiger partial charge is 0.490 e. The van der Waals surface area contributed by atoms with Crippen LogP contribution in [0.3, 0.4) is 0 Å². The van der Waals surface area contributed by atoms with Gasteiger partial charge in [-0.1, -0.05) is 0 Å². The zero-order chi connectivity index (χ0) is 10.8. The van der Waals surface area contributed by atoms with Gasteiger partial charge >= 0.3 is 5.97 Å². The molecule has 0 amide bonds. The summed E-state index contributed by atoms with van der Waals surface area (Å²) in [6.07, 6.45) is 2.77. The zero-order valence-electron chi connectivity index (χ0n) is 7.97. The van der Waals surface area contributed by atoms with Crippen molar-refractivity contribution >= 4 is 12.3 Å². The van der Waals surface area contributed by atoms with Crippen LogP contribution in [0, 0.1) is 0 Å². The maximum Gasteiger partial charge on any atom is 0.336 e. The fourth-order valence-corrected chi connectivity index (χ4v) is 1.28. The number of hydrogen-bond donors (Lipinski definition) is 1. The Kier molecular flexibility index (Phi) is 2.41. The van der Waals surface area contributed by atoms with E-state index in [1.165, 1.54) is 12.1 Å². The van der Waals surface area contributed by atoms with E-state index in [-0.39, 0.29) is 17.2 Å². The minimum absolute atomic E-state index is 0.0110. The number of hydrogen-bond acceptors (Lipinski definition) is 3. The predicted octanol–water partition coefficient (Wildman–Crippen LogP) is 1.74. The molecule has 0 aliphatic heterocycles. The molecule has 0 heterocycles. The maximum atomic E-state index is 10.8. The normalized spacial score (nSPS) is 14.7. The van der Waals surface area contributed by atoms with Crippen LogP contribution < -0.4 is 4.74 Å². The van der Waals surface area contributed by atoms with Crippen LogP contribution in [0.4, 0.5) is 0 Å². The van der Waals surface area contributed by atoms with Gasteiger partial charge in [0.15, 0.2) is 6.29 Å². The lowest BCUT2D eigenvalue weighted by Gasteiger charge is -2.06. The number of aldehydes is 1. The fourth-order valence-electron chi connectivity index (χ4n) is 1.28. The van der Waals surface area contributed by atoms with Crippen molar-refractivity contribution in [2.45, 2.75) is 18.9 Å². The third kappa shape index (κ3) is 2.15. The molecule has 1 N–H and O–H groups in total. The van der Waals surface area contributed by atoms with Gasteiger partial charge in [0, 0.05) is 5.56 Å². The van der Waals surface area contributed by atoms with Crippen molar-refractivity contribution in [1.82, 2.24) is 0 Å². The van der Waals surface area contributed by atoms with E-state index in [0.29, 0.717) is 12.0 Å². The molecule has 1 aromatic carbocycles. The number of carbonyl (C=O) groups is 2. The molecule has 2 rings (SSSR count). The lowest BCUT2D eigenvalue weighted by Crippen LogP contribution is -2.04. The number of rotatable bonds is 4. The van der Waals surface area contributed by atoms with Gasteiger partial charge in [-0.25, -0.2) is 4.79 Å². The first-order chi connectivity index (χ1) is 7.20. The Morgan fingerprint density at radius 1 is 1.47 bits per heavy atom. The van der Waals surface area contributed by atoms with Crippen LogP contribution in [0.5, 0.6) is 5.75 Å². The van der Waals surface area contributed by atoms with Crippen molar-refractivity contribution in [3.05, 3.63) is 29.3 Å². The summed E-state index contributed by atoms with van der Waals surface area (Å²) in [6, 6.07) is 4.48. The van der Waals surface area contributed by atoms with Crippen LogP contribution in [-0.4, -0.2) is 23.5 Å². The second-order valence-electron chi connectivity index (χ2n) is 3.49. The summed E-state index contributed by atoms with van der Waals surface area (Å²) in [5, 5.41) is 8.86. The van der Waals surface area contributed by atoms with Gasteiger partial charge in [-0.2, -0.15) is 0 Å². The number of ether oxygens (including phenoxy) is 1. The number of carbonyl (C=O) groups excluding carboxylic acids is 1. The first-order valence-electron chi connectivity index (χ1n) is 4.70. The van der Waals surface area contributed by atoms with Crippen molar-refractivity contribution in [3.63, 3.8) is 0 Å². The second kappa shape index (κ2) is 3.73. The molecule has 0 atom stereocenters. The van der Waals surface area contributed by atoms with Crippen molar-refractivity contribution in [2.24, 2.45) is 0 Å². The summed E-state index contributed by atoms with van der Waals surface area (Å²) in [5.41, 5.74) is 0.161. The molecule has 78 valence electrons. The number of carboxylic acids is 1. The maximum absolute atomic E-state index is 10.8. The second-order valence-corrected chi connectivity index (χ2v) is 3.49. The molecule has 0 spiro atoms. The van der Waals surface area contributed by atoms with Gasteiger partial charge in [0.25, 0.3) is 0 Å². The molecule has 1 aliphatic rings. The summed E-state index contributed by atoms with van der Waals surface area (Å²) in [7, 11) is 0. The standard InChI is InChI=1S/C11H10O4/c12-6-7-1-2-9(15-8-3-4-8)5-10(7)11(13)14/h1-2,5-6,8H,3-4H2,(H,13,14). The minimum atomic E-state index is -1.11. The molecule has 1 fully saturated rings. The Bertz CT molecular complexity index is 407. The SMILES string of the molecule is O=Cc1ccc(OC2CC2)cc1C(=O)O. The summed E-state index contributed by atoms with van der Waals surface area (Å²) >= 11 is 0. The van der Waals surface area contributed by atoms with E-state index >= 15 is 0 Å². The minimum Gasteiger partial charge on any atom is -0.490 e. The van der Waals surface area contributed by atoms with Crippen LogP contribution in [0.25, 0.3) is 0 Å². The van der Waals surface area contributed by atoms with E-state index in [4.69, 9.17) is 9.84 Å². The average Bonchev–Trinajstić information content (AvgIpc) is 3.01. The highest BCUT2D eigenvalue weighted by molar-refractivity contribution is 5.97. The van der Waals surface area contributed by atoms with Crippen LogP contribution in [-0.2, 0) is 0 Å². The Morgan fingerprint density at radius 2 is 2.20 bits per heavy atom. The predicted molar refractivity (Wildman–Crippen MR) is 52.4 cm³/mol. The number of aromatic carboxylic acids is 1. The van der Waals surface area contributed by atoms with E-state index in [0.717, 1.165) is 12.8 Å². The molecular weight excluding hydrogens is 196 g/mol. The third-order valence-corrected chi connectivity index (χ3v) is 2.21. The van der Waals surface area contributed by atoms with E-state index < -0.39 is 5.97 Å². The van der Waals surface area contributed by atoms with E-state index in [9.17, 15) is 9.59 Å². The van der Waals surface area contributed by atoms with Crippen LogP contribution in [0.15, 0.2) is 18.2 Å². The van der Waals surface area contributed by atoms with E-state index in [2.05, 4.69) is 0 Å². The van der Waals surface area contributed by atoms with Gasteiger partial charge in [-0.15, -0.1) is 0 Å². The Hall–Kier alpha value is -1.84. The highest BCUT2D eigenvalue weighted by Gasteiger charge is 2.24. The molecule has 0 aromatic heterocycles. The zero-order valence-corrected chi connectivity index (χ0v) is 7.97. The first-order valence-corrected chi connectivity index (χ1v) is 4.70. The lowest BCUT2D eigenvalue weighted by atomic mass is 10.1. The van der Waals surface area contributed by atoms with Gasteiger partial charge in [0.2, 0.25) is 0 Å². The molecule has 15 heavy (non-hydrogen) atoms. The van der Waals surface area contributed by atoms with Gasteiger partial charge in [0.1, 0.15) is 5.75 Å². The molecule has 0 saturated heterocycles. The molecule has 0 unspecified atom stereocenters. The molecule has 4 heteroatoms. The Morgan fingerprint density at radius 3 is 2.73 bits per heavy atom. The molecule has 0 bridgehead atoms. The van der Waals surface area contributed by atoms with Crippen molar-refractivity contribution in [3.8, 4) is 5.75 Å². The van der Waals surface area contributed by atoms with Crippen molar-refractivity contribution in [1.29, 1.82) is 0 Å². The van der Waals surface area contributed by atoms with Gasteiger partial charge < -0.3 is 9.84 Å². The molecule has 1 saturated carbocycles. The summed E-state index contributed by atoms with van der Waals surface area (Å²) in [5.74, 6) is -0.598. The molecule has 4 nitrogen and oxygen atoms in total. The highest BCUT2D eigenvalue weighted by Crippen LogP contribution is 2.27. The quantitative estimate of drug-likeness (QED) is 0.762. The van der Waals surface area contributed by atoms with E-state index in [1.54, 1.807) is 6.07 Å². The monoisotopic (exact) mass is 206 g/mol. The highest BCUT2D eigenvalue weighted by atomic mass is 16.5. The smallest absolute Gasteiger partial charge is 0.336 e. The fraction of sp³-hybridized carbons (Fsp3) is 0.273. The molecular formula is C11H10O4. The Balaban J connectivity index is 2.30. The Labute approximate surface area is 86.5 Å². The topological polar surface area (TPSA) is 63.6 Å². The van der Waals surface area contributed by atoms with Crippen LogP contribution >= 0.6 is 0 Å². The first kappa shape index (κ1) is 9.71. The van der Waals surface area contributed by atoms with Crippen molar-refractivity contribution < 1.29 is 19.4 Å². The molecule has 1 aliphatic carbocycles. The van der Waals surface area contributed by atoms with Gasteiger partial charge in [-0.05, 0) is 31.0 Å². The molecule has 1 aromatic rings. The van der Waals surface area contributed by atoms with Crippen molar-refractivity contribution in [2.75, 3.05) is 0 Å². The van der Waals surface area contributed by atoms with Crippen LogP contribution in [0.1, 0.15) is 33.6 Å².